The Morgan fingerprint density at radius 2 is 1.70 bits per heavy atom. The number of anilines is 2. The topological polar surface area (TPSA) is 101 Å². The van der Waals surface area contributed by atoms with E-state index in [0.29, 0.717) is 16.1 Å². The quantitative estimate of drug-likeness (QED) is 0.161. The van der Waals surface area contributed by atoms with Gasteiger partial charge in [0.25, 0.3) is 0 Å². The number of ketones is 1. The van der Waals surface area contributed by atoms with Crippen molar-refractivity contribution in [3.05, 3.63) is 83.3 Å². The van der Waals surface area contributed by atoms with E-state index in [0.717, 1.165) is 4.90 Å². The molecule has 8 nitrogen and oxygen atoms in total. The van der Waals surface area contributed by atoms with Gasteiger partial charge in [0.1, 0.15) is 25.2 Å². The fourth-order valence-corrected chi connectivity index (χ4v) is 5.69. The summed E-state index contributed by atoms with van der Waals surface area (Å²) in [5.74, 6) is -3.94. The summed E-state index contributed by atoms with van der Waals surface area (Å²) in [7, 11) is 0. The van der Waals surface area contributed by atoms with Gasteiger partial charge in [-0.15, -0.1) is 0 Å². The summed E-state index contributed by atoms with van der Waals surface area (Å²) >= 11 is 6.22. The zero-order valence-electron chi connectivity index (χ0n) is 24.1. The number of hydrogen-bond acceptors (Lipinski definition) is 4. The van der Waals surface area contributed by atoms with Crippen LogP contribution in [0.4, 0.5) is 33.3 Å². The Labute approximate surface area is 264 Å². The highest BCUT2D eigenvalue weighted by atomic mass is 35.5. The number of hydrogen-bond donors (Lipinski definition) is 2. The van der Waals surface area contributed by atoms with Crippen molar-refractivity contribution in [2.75, 3.05) is 17.2 Å². The third-order valence-corrected chi connectivity index (χ3v) is 7.83. The number of aromatic nitrogens is 1. The maximum atomic E-state index is 15.5. The molecule has 1 aliphatic rings. The summed E-state index contributed by atoms with van der Waals surface area (Å²) < 4.78 is 69.3. The van der Waals surface area contributed by atoms with Crippen LogP contribution < -0.4 is 10.6 Å². The highest BCUT2D eigenvalue weighted by molar-refractivity contribution is 6.33. The van der Waals surface area contributed by atoms with E-state index in [1.54, 1.807) is 24.3 Å². The molecule has 3 aromatic carbocycles. The number of alkyl halides is 4. The van der Waals surface area contributed by atoms with Gasteiger partial charge in [-0.2, -0.15) is 13.2 Å². The summed E-state index contributed by atoms with van der Waals surface area (Å²) in [4.78, 5) is 51.9. The molecule has 240 valence electrons. The van der Waals surface area contributed by atoms with Crippen LogP contribution in [-0.4, -0.2) is 57.9 Å². The van der Waals surface area contributed by atoms with Crippen LogP contribution in [0.5, 0.6) is 0 Å². The predicted octanol–water partition coefficient (Wildman–Crippen LogP) is 6.77. The van der Waals surface area contributed by atoms with Crippen molar-refractivity contribution in [2.24, 2.45) is 0 Å². The SMILES string of the molecule is CC(=O)c1cn(CC(=O)N2CC(F)CC2C(=O)Nc2cccc(-c3ccccc3Cl)c2F)c2ccc(NC(=O)CC(F)(F)F)cc12. The summed E-state index contributed by atoms with van der Waals surface area (Å²) in [6, 6.07) is 13.7. The monoisotopic (exact) mass is 660 g/mol. The predicted molar refractivity (Wildman–Crippen MR) is 162 cm³/mol. The fourth-order valence-electron chi connectivity index (χ4n) is 5.45. The molecular formula is C32H26ClF5N4O4. The van der Waals surface area contributed by atoms with E-state index < -0.39 is 67.2 Å². The Hall–Kier alpha value is -4.78. The Kier molecular flexibility index (Phi) is 9.15. The number of carbonyl (C=O) groups is 4. The lowest BCUT2D eigenvalue weighted by atomic mass is 10.0. The van der Waals surface area contributed by atoms with Crippen LogP contribution in [0, 0.1) is 5.82 Å². The molecule has 5 rings (SSSR count). The molecule has 1 saturated heterocycles. The maximum absolute atomic E-state index is 15.5. The summed E-state index contributed by atoms with van der Waals surface area (Å²) in [6.07, 6.45) is -6.90. The molecule has 0 radical (unpaired) electrons. The van der Waals surface area contributed by atoms with E-state index >= 15 is 4.39 Å². The van der Waals surface area contributed by atoms with E-state index in [4.69, 9.17) is 11.6 Å². The van der Waals surface area contributed by atoms with E-state index in [2.05, 4.69) is 10.6 Å². The minimum Gasteiger partial charge on any atom is -0.337 e. The van der Waals surface area contributed by atoms with Crippen molar-refractivity contribution >= 4 is 57.4 Å². The number of nitrogens with one attached hydrogen (secondary N) is 2. The third-order valence-electron chi connectivity index (χ3n) is 7.50. The number of Topliss-reactive ketones (excluding diaryl/α,β-unsaturated/α-hetero) is 1. The van der Waals surface area contributed by atoms with E-state index in [9.17, 15) is 36.7 Å². The lowest BCUT2D eigenvalue weighted by molar-refractivity contribution is -0.150. The van der Waals surface area contributed by atoms with Crippen molar-refractivity contribution in [3.8, 4) is 11.1 Å². The normalized spacial score (nSPS) is 16.5. The Morgan fingerprint density at radius 1 is 0.978 bits per heavy atom. The van der Waals surface area contributed by atoms with Gasteiger partial charge < -0.3 is 20.1 Å². The van der Waals surface area contributed by atoms with Crippen LogP contribution in [0.1, 0.15) is 30.1 Å². The molecule has 1 aliphatic heterocycles. The first kappa shape index (κ1) is 32.6. The molecule has 1 fully saturated rings. The third kappa shape index (κ3) is 7.04. The van der Waals surface area contributed by atoms with Gasteiger partial charge in [-0.05, 0) is 37.3 Å². The number of nitrogens with zero attached hydrogens (tertiary/aromatic N) is 2. The van der Waals surface area contributed by atoms with Crippen LogP contribution in [-0.2, 0) is 20.9 Å². The molecule has 0 saturated carbocycles. The molecule has 4 aromatic rings. The Balaban J connectivity index is 1.36. The molecule has 0 spiro atoms. The van der Waals surface area contributed by atoms with Crippen molar-refractivity contribution in [1.82, 2.24) is 9.47 Å². The van der Waals surface area contributed by atoms with Gasteiger partial charge in [-0.3, -0.25) is 19.2 Å². The van der Waals surface area contributed by atoms with Crippen molar-refractivity contribution < 1.29 is 41.1 Å². The second kappa shape index (κ2) is 12.9. The minimum atomic E-state index is -4.71. The number of benzene rings is 3. The van der Waals surface area contributed by atoms with E-state index in [-0.39, 0.29) is 34.3 Å². The van der Waals surface area contributed by atoms with Gasteiger partial charge in [0.2, 0.25) is 17.7 Å². The molecular weight excluding hydrogens is 635 g/mol. The van der Waals surface area contributed by atoms with Crippen LogP contribution in [0.15, 0.2) is 66.9 Å². The Morgan fingerprint density at radius 3 is 2.39 bits per heavy atom. The van der Waals surface area contributed by atoms with Crippen LogP contribution in [0.3, 0.4) is 0 Å². The Bertz CT molecular complexity index is 1860. The number of carbonyl (C=O) groups excluding carboxylic acids is 4. The number of amides is 3. The van der Waals surface area contributed by atoms with Gasteiger partial charge in [0.15, 0.2) is 11.6 Å². The van der Waals surface area contributed by atoms with Gasteiger partial charge in [-0.25, -0.2) is 8.78 Å². The summed E-state index contributed by atoms with van der Waals surface area (Å²) in [5, 5.41) is 5.16. The molecule has 3 amide bonds. The number of fused-ring (bicyclic) bond motifs is 1. The second-order valence-corrected chi connectivity index (χ2v) is 11.2. The molecule has 2 N–H and O–H groups in total. The lowest BCUT2D eigenvalue weighted by Gasteiger charge is -2.24. The standard InChI is InChI=1S/C32H26ClF5N4O4/c1-17(43)23-15-41(26-10-9-19(12-22(23)26)39-28(44)13-32(36,37)38)16-29(45)42-14-18(34)11-27(42)31(46)40-25-8-4-6-21(30(25)35)20-5-2-3-7-24(20)33/h2-10,12,15,18,27H,11,13-14,16H2,1H3,(H,39,44)(H,40,46). The minimum absolute atomic E-state index is 0.00992. The lowest BCUT2D eigenvalue weighted by Crippen LogP contribution is -2.44. The van der Waals surface area contributed by atoms with E-state index in [1.807, 2.05) is 0 Å². The van der Waals surface area contributed by atoms with E-state index in [1.165, 1.54) is 54.1 Å². The van der Waals surface area contributed by atoms with Gasteiger partial charge >= 0.3 is 6.18 Å². The largest absolute Gasteiger partial charge is 0.397 e. The van der Waals surface area contributed by atoms with Gasteiger partial charge in [0, 0.05) is 50.9 Å². The first-order chi connectivity index (χ1) is 21.7. The van der Waals surface area contributed by atoms with Crippen molar-refractivity contribution in [2.45, 2.75) is 44.7 Å². The second-order valence-electron chi connectivity index (χ2n) is 10.8. The first-order valence-corrected chi connectivity index (χ1v) is 14.4. The molecule has 2 unspecified atom stereocenters. The fraction of sp³-hybridized carbons (Fsp3) is 0.250. The summed E-state index contributed by atoms with van der Waals surface area (Å²) in [6.45, 7) is 0.438. The van der Waals surface area contributed by atoms with Crippen molar-refractivity contribution in [1.29, 1.82) is 0 Å². The molecule has 0 bridgehead atoms. The molecule has 0 aliphatic carbocycles. The molecule has 2 atom stereocenters. The zero-order chi connectivity index (χ0) is 33.3. The molecule has 46 heavy (non-hydrogen) atoms. The molecule has 2 heterocycles. The average Bonchev–Trinajstić information content (AvgIpc) is 3.54. The highest BCUT2D eigenvalue weighted by Gasteiger charge is 2.40. The number of likely N-dealkylation sites (tertiary alicyclic amines) is 1. The smallest absolute Gasteiger partial charge is 0.337 e. The highest BCUT2D eigenvalue weighted by Crippen LogP contribution is 2.33. The van der Waals surface area contributed by atoms with Crippen LogP contribution in [0.2, 0.25) is 5.02 Å². The zero-order valence-corrected chi connectivity index (χ0v) is 24.9. The van der Waals surface area contributed by atoms with Crippen molar-refractivity contribution in [3.63, 3.8) is 0 Å². The maximum Gasteiger partial charge on any atom is 0.397 e. The van der Waals surface area contributed by atoms with Crippen LogP contribution in [0.25, 0.3) is 22.0 Å². The summed E-state index contributed by atoms with van der Waals surface area (Å²) in [5.41, 5.74) is 0.827. The molecule has 1 aromatic heterocycles. The number of rotatable bonds is 8. The molecule has 14 heteroatoms. The van der Waals surface area contributed by atoms with Crippen LogP contribution >= 0.6 is 11.6 Å². The van der Waals surface area contributed by atoms with Gasteiger partial charge in [-0.1, -0.05) is 41.9 Å². The average molecular weight is 661 g/mol. The number of halogens is 6. The first-order valence-electron chi connectivity index (χ1n) is 14.0. The van der Waals surface area contributed by atoms with Gasteiger partial charge in [0.05, 0.1) is 12.2 Å².